The molecule has 1 aliphatic heterocycles. The van der Waals surface area contributed by atoms with Gasteiger partial charge in [0.1, 0.15) is 0 Å². The molecule has 4 nitrogen and oxygen atoms in total. The van der Waals surface area contributed by atoms with E-state index in [9.17, 15) is 4.79 Å². The second-order valence-corrected chi connectivity index (χ2v) is 7.26. The number of anilines is 1. The minimum Gasteiger partial charge on any atom is -0.351 e. The molecule has 0 spiro atoms. The maximum atomic E-state index is 13.1. The first-order valence-electron chi connectivity index (χ1n) is 7.97. The van der Waals surface area contributed by atoms with E-state index in [4.69, 9.17) is 35.4 Å². The van der Waals surface area contributed by atoms with Crippen LogP contribution < -0.4 is 16.0 Å². The van der Waals surface area contributed by atoms with E-state index in [1.54, 1.807) is 18.2 Å². The highest BCUT2D eigenvalue weighted by Gasteiger charge is 2.31. The molecule has 3 N–H and O–H groups in total. The molecule has 1 heterocycles. The quantitative estimate of drug-likeness (QED) is 0.645. The van der Waals surface area contributed by atoms with Crippen LogP contribution in [-0.2, 0) is 4.79 Å². The number of aryl methyl sites for hydroxylation is 1. The zero-order chi connectivity index (χ0) is 18.8. The first-order chi connectivity index (χ1) is 12.4. The number of amides is 1. The van der Waals surface area contributed by atoms with Crippen LogP contribution in [0.5, 0.6) is 0 Å². The molecular formula is C19H17Cl2N3OS. The smallest absolute Gasteiger partial charge is 0.255 e. The molecule has 134 valence electrons. The molecule has 3 rings (SSSR count). The fourth-order valence-corrected chi connectivity index (χ4v) is 3.54. The van der Waals surface area contributed by atoms with Crippen molar-refractivity contribution < 1.29 is 4.79 Å². The Hall–Kier alpha value is -2.08. The van der Waals surface area contributed by atoms with Gasteiger partial charge in [0, 0.05) is 21.4 Å². The first-order valence-corrected chi connectivity index (χ1v) is 9.13. The van der Waals surface area contributed by atoms with Gasteiger partial charge in [-0.1, -0.05) is 47.5 Å². The number of hydrogen-bond donors (Lipinski definition) is 3. The molecule has 0 fully saturated rings. The monoisotopic (exact) mass is 405 g/mol. The fraction of sp³-hybridized carbons (Fsp3) is 0.158. The lowest BCUT2D eigenvalue weighted by Gasteiger charge is -2.31. The topological polar surface area (TPSA) is 53.2 Å². The Morgan fingerprint density at radius 2 is 1.88 bits per heavy atom. The van der Waals surface area contributed by atoms with Crippen molar-refractivity contribution in [3.8, 4) is 0 Å². The predicted octanol–water partition coefficient (Wildman–Crippen LogP) is 4.73. The Kier molecular flexibility index (Phi) is 5.51. The number of halogens is 2. The van der Waals surface area contributed by atoms with E-state index in [1.807, 2.05) is 38.1 Å². The Bertz CT molecular complexity index is 927. The molecule has 2 aromatic carbocycles. The summed E-state index contributed by atoms with van der Waals surface area (Å²) in [7, 11) is 0. The molecule has 7 heteroatoms. The third-order valence-electron chi connectivity index (χ3n) is 4.18. The molecule has 1 unspecified atom stereocenters. The van der Waals surface area contributed by atoms with Crippen molar-refractivity contribution in [2.24, 2.45) is 0 Å². The van der Waals surface area contributed by atoms with Crippen LogP contribution in [0.1, 0.15) is 24.1 Å². The number of hydrogen-bond acceptors (Lipinski definition) is 2. The number of thiocarbonyl (C=S) groups is 1. The number of benzene rings is 2. The molecule has 0 radical (unpaired) electrons. The Labute approximate surface area is 167 Å². The Morgan fingerprint density at radius 1 is 1.15 bits per heavy atom. The van der Waals surface area contributed by atoms with Gasteiger partial charge in [-0.05, 0) is 55.4 Å². The molecule has 0 aliphatic carbocycles. The largest absolute Gasteiger partial charge is 0.351 e. The number of carbonyl (C=O) groups excluding carboxylic acids is 1. The summed E-state index contributed by atoms with van der Waals surface area (Å²) in [6, 6.07) is 12.3. The highest BCUT2D eigenvalue weighted by molar-refractivity contribution is 7.80. The fourth-order valence-electron chi connectivity index (χ4n) is 2.86. The molecule has 26 heavy (non-hydrogen) atoms. The van der Waals surface area contributed by atoms with E-state index < -0.39 is 6.04 Å². The summed E-state index contributed by atoms with van der Waals surface area (Å²) >= 11 is 17.7. The summed E-state index contributed by atoms with van der Waals surface area (Å²) in [5.41, 5.74) is 3.56. The van der Waals surface area contributed by atoms with Crippen molar-refractivity contribution in [3.63, 3.8) is 0 Å². The first kappa shape index (κ1) is 18.7. The maximum Gasteiger partial charge on any atom is 0.255 e. The molecule has 0 aromatic heterocycles. The van der Waals surface area contributed by atoms with Crippen molar-refractivity contribution in [1.29, 1.82) is 0 Å². The van der Waals surface area contributed by atoms with E-state index in [0.717, 1.165) is 11.1 Å². The van der Waals surface area contributed by atoms with Crippen LogP contribution in [0.25, 0.3) is 0 Å². The summed E-state index contributed by atoms with van der Waals surface area (Å²) in [5, 5.41) is 10.7. The second kappa shape index (κ2) is 7.66. The van der Waals surface area contributed by atoms with Gasteiger partial charge in [0.05, 0.1) is 11.6 Å². The molecule has 2 aromatic rings. The molecule has 1 atom stereocenters. The Balaban J connectivity index is 2.00. The minimum absolute atomic E-state index is 0.250. The van der Waals surface area contributed by atoms with E-state index in [2.05, 4.69) is 16.0 Å². The van der Waals surface area contributed by atoms with Gasteiger partial charge in [-0.3, -0.25) is 4.79 Å². The van der Waals surface area contributed by atoms with Crippen molar-refractivity contribution in [2.45, 2.75) is 19.9 Å². The minimum atomic E-state index is -0.447. The van der Waals surface area contributed by atoms with Crippen LogP contribution >= 0.6 is 35.4 Å². The molecule has 0 saturated heterocycles. The van der Waals surface area contributed by atoms with Crippen LogP contribution in [0.15, 0.2) is 53.7 Å². The van der Waals surface area contributed by atoms with Crippen LogP contribution in [0.2, 0.25) is 10.0 Å². The maximum absolute atomic E-state index is 13.1. The van der Waals surface area contributed by atoms with Gasteiger partial charge < -0.3 is 16.0 Å². The lowest BCUT2D eigenvalue weighted by molar-refractivity contribution is -0.113. The molecular weight excluding hydrogens is 389 g/mol. The van der Waals surface area contributed by atoms with E-state index in [1.165, 1.54) is 0 Å². The average molecular weight is 406 g/mol. The third-order valence-corrected chi connectivity index (χ3v) is 4.98. The normalized spacial score (nSPS) is 16.8. The highest BCUT2D eigenvalue weighted by Crippen LogP contribution is 2.32. The van der Waals surface area contributed by atoms with Crippen LogP contribution in [0.4, 0.5) is 5.69 Å². The lowest BCUT2D eigenvalue weighted by atomic mass is 9.94. The van der Waals surface area contributed by atoms with E-state index >= 15 is 0 Å². The van der Waals surface area contributed by atoms with E-state index in [-0.39, 0.29) is 5.91 Å². The zero-order valence-electron chi connectivity index (χ0n) is 14.2. The predicted molar refractivity (Wildman–Crippen MR) is 111 cm³/mol. The molecule has 1 aliphatic rings. The summed E-state index contributed by atoms with van der Waals surface area (Å²) < 4.78 is 0. The molecule has 0 bridgehead atoms. The average Bonchev–Trinajstić information content (AvgIpc) is 2.57. The van der Waals surface area contributed by atoms with E-state index in [0.29, 0.717) is 32.1 Å². The zero-order valence-corrected chi connectivity index (χ0v) is 16.5. The molecule has 0 saturated carbocycles. The van der Waals surface area contributed by atoms with Crippen LogP contribution in [0, 0.1) is 6.92 Å². The van der Waals surface area contributed by atoms with Crippen LogP contribution in [-0.4, -0.2) is 11.0 Å². The SMILES string of the molecule is CC1=C(C(=O)Nc2cc(Cl)ccc2C)C(c2ccccc2Cl)NC(=S)N1. The van der Waals surface area contributed by atoms with Crippen molar-refractivity contribution in [2.75, 3.05) is 5.32 Å². The second-order valence-electron chi connectivity index (χ2n) is 6.01. The number of allylic oxidation sites excluding steroid dienone is 1. The van der Waals surface area contributed by atoms with Gasteiger partial charge in [0.25, 0.3) is 5.91 Å². The summed E-state index contributed by atoms with van der Waals surface area (Å²) in [4.78, 5) is 13.1. The molecule has 1 amide bonds. The van der Waals surface area contributed by atoms with Gasteiger partial charge in [-0.15, -0.1) is 0 Å². The van der Waals surface area contributed by atoms with Crippen molar-refractivity contribution in [3.05, 3.63) is 74.9 Å². The summed E-state index contributed by atoms with van der Waals surface area (Å²) in [5.74, 6) is -0.250. The highest BCUT2D eigenvalue weighted by atomic mass is 35.5. The lowest BCUT2D eigenvalue weighted by Crippen LogP contribution is -2.45. The number of nitrogens with one attached hydrogen (secondary N) is 3. The van der Waals surface area contributed by atoms with Crippen molar-refractivity contribution in [1.82, 2.24) is 10.6 Å². The van der Waals surface area contributed by atoms with Crippen LogP contribution in [0.3, 0.4) is 0 Å². The summed E-state index contributed by atoms with van der Waals surface area (Å²) in [6.45, 7) is 3.72. The number of carbonyl (C=O) groups is 1. The van der Waals surface area contributed by atoms with Gasteiger partial charge in [0.2, 0.25) is 0 Å². The third kappa shape index (κ3) is 3.85. The summed E-state index contributed by atoms with van der Waals surface area (Å²) in [6.07, 6.45) is 0. The van der Waals surface area contributed by atoms with Crippen molar-refractivity contribution >= 4 is 52.1 Å². The van der Waals surface area contributed by atoms with Gasteiger partial charge >= 0.3 is 0 Å². The number of rotatable bonds is 3. The standard InChI is InChI=1S/C19H17Cl2N3OS/c1-10-7-8-12(20)9-15(10)23-18(25)16-11(2)22-19(26)24-17(16)13-5-3-4-6-14(13)21/h3-9,17H,1-2H3,(H,23,25)(H2,22,24,26). The Morgan fingerprint density at radius 3 is 2.62 bits per heavy atom. The van der Waals surface area contributed by atoms with Gasteiger partial charge in [0.15, 0.2) is 5.11 Å². The van der Waals surface area contributed by atoms with Gasteiger partial charge in [-0.25, -0.2) is 0 Å². The van der Waals surface area contributed by atoms with Gasteiger partial charge in [-0.2, -0.15) is 0 Å².